The highest BCUT2D eigenvalue weighted by Gasteiger charge is 2.60. The summed E-state index contributed by atoms with van der Waals surface area (Å²) in [4.78, 5) is 25.2. The van der Waals surface area contributed by atoms with Crippen molar-refractivity contribution < 1.29 is 22.7 Å². The second-order valence-electron chi connectivity index (χ2n) is 9.29. The monoisotopic (exact) mass is 475 g/mol. The Hall–Kier alpha value is -2.43. The molecule has 0 radical (unpaired) electrons. The van der Waals surface area contributed by atoms with Gasteiger partial charge in [-0.3, -0.25) is 9.36 Å². The van der Waals surface area contributed by atoms with Gasteiger partial charge < -0.3 is 15.2 Å². The van der Waals surface area contributed by atoms with Gasteiger partial charge in [0, 0.05) is 29.6 Å². The zero-order valence-corrected chi connectivity index (χ0v) is 19.3. The number of aromatic nitrogens is 1. The van der Waals surface area contributed by atoms with E-state index in [0.717, 1.165) is 44.9 Å². The Morgan fingerprint density at radius 2 is 1.85 bits per heavy atom. The molecule has 2 aromatic rings. The van der Waals surface area contributed by atoms with E-state index in [1.54, 1.807) is 18.2 Å². The third-order valence-corrected chi connectivity index (χ3v) is 9.31. The van der Waals surface area contributed by atoms with Gasteiger partial charge in [-0.2, -0.15) is 4.31 Å². The topological polar surface area (TPSA) is 121 Å². The lowest BCUT2D eigenvalue weighted by atomic mass is 9.98. The number of ether oxygens (including phenoxy) is 2. The minimum Gasteiger partial charge on any atom is -0.431 e. The second kappa shape index (κ2) is 8.41. The predicted octanol–water partition coefficient (Wildman–Crippen LogP) is 2.70. The van der Waals surface area contributed by atoms with Crippen LogP contribution in [0, 0.1) is 0 Å². The van der Waals surface area contributed by atoms with Gasteiger partial charge in [0.25, 0.3) is 5.56 Å². The van der Waals surface area contributed by atoms with E-state index in [4.69, 9.17) is 15.2 Å². The van der Waals surface area contributed by atoms with Crippen LogP contribution in [-0.2, 0) is 26.2 Å². The molecule has 178 valence electrons. The molecule has 3 aliphatic rings. The molecular formula is C23H29N3O6S. The average Bonchev–Trinajstić information content (AvgIpc) is 3.53. The maximum absolute atomic E-state index is 13.5. The maximum atomic E-state index is 13.5. The quantitative estimate of drug-likeness (QED) is 0.660. The fraction of sp³-hybridized carbons (Fsp3) is 0.565. The van der Waals surface area contributed by atoms with Crippen molar-refractivity contribution in [1.82, 2.24) is 8.87 Å². The van der Waals surface area contributed by atoms with E-state index in [-0.39, 0.29) is 29.2 Å². The molecule has 1 spiro atoms. The van der Waals surface area contributed by atoms with Gasteiger partial charge in [-0.05, 0) is 63.1 Å². The molecule has 1 atom stereocenters. The van der Waals surface area contributed by atoms with Gasteiger partial charge in [-0.1, -0.05) is 12.5 Å². The molecule has 10 heteroatoms. The summed E-state index contributed by atoms with van der Waals surface area (Å²) in [6.45, 7) is 0.0787. The van der Waals surface area contributed by atoms with Crippen LogP contribution in [0.15, 0.2) is 40.2 Å². The molecule has 1 aromatic carbocycles. The molecule has 2 N–H and O–H groups in total. The van der Waals surface area contributed by atoms with Gasteiger partial charge in [-0.25, -0.2) is 13.2 Å². The van der Waals surface area contributed by atoms with Gasteiger partial charge in [0.05, 0.1) is 10.4 Å². The third kappa shape index (κ3) is 3.94. The first-order chi connectivity index (χ1) is 15.8. The molecule has 1 unspecified atom stereocenters. The van der Waals surface area contributed by atoms with Crippen LogP contribution in [0.3, 0.4) is 0 Å². The first kappa shape index (κ1) is 22.4. The summed E-state index contributed by atoms with van der Waals surface area (Å²) in [5.74, 6) is 0. The zero-order valence-electron chi connectivity index (χ0n) is 18.4. The van der Waals surface area contributed by atoms with Crippen LogP contribution in [0.5, 0.6) is 0 Å². The van der Waals surface area contributed by atoms with E-state index in [1.807, 2.05) is 0 Å². The molecule has 2 saturated carbocycles. The number of pyridine rings is 1. The molecule has 2 heterocycles. The molecule has 0 bridgehead atoms. The highest BCUT2D eigenvalue weighted by Crippen LogP contribution is 2.51. The highest BCUT2D eigenvalue weighted by molar-refractivity contribution is 7.89. The van der Waals surface area contributed by atoms with Gasteiger partial charge in [0.2, 0.25) is 10.0 Å². The Kier molecular flexibility index (Phi) is 5.70. The average molecular weight is 476 g/mol. The van der Waals surface area contributed by atoms with E-state index in [0.29, 0.717) is 18.4 Å². The van der Waals surface area contributed by atoms with Crippen molar-refractivity contribution in [1.29, 1.82) is 0 Å². The normalized spacial score (nSPS) is 23.1. The Balaban J connectivity index is 1.37. The lowest BCUT2D eigenvalue weighted by Crippen LogP contribution is -2.44. The standard InChI is InChI=1S/C23H29N3O6S/c24-20-10-14-26(23(20)11-12-23)33(29,30)19-8-4-7-18-17(19)9-13-25(21(18)27)15-31-22(28)32-16-5-2-1-3-6-16/h4,7-9,13,16,20H,1-3,5-6,10-12,14-15,24H2. The summed E-state index contributed by atoms with van der Waals surface area (Å²) in [7, 11) is -3.82. The van der Waals surface area contributed by atoms with E-state index >= 15 is 0 Å². The predicted molar refractivity (Wildman–Crippen MR) is 121 cm³/mol. The molecule has 1 saturated heterocycles. The smallest absolute Gasteiger partial charge is 0.431 e. The summed E-state index contributed by atoms with van der Waals surface area (Å²) in [6.07, 6.45) is 7.51. The molecule has 9 nitrogen and oxygen atoms in total. The molecule has 1 aliphatic heterocycles. The Morgan fingerprint density at radius 3 is 2.58 bits per heavy atom. The maximum Gasteiger partial charge on any atom is 0.510 e. The minimum atomic E-state index is -3.82. The first-order valence-corrected chi connectivity index (χ1v) is 13.0. The lowest BCUT2D eigenvalue weighted by Gasteiger charge is -2.26. The van der Waals surface area contributed by atoms with Crippen LogP contribution < -0.4 is 11.3 Å². The van der Waals surface area contributed by atoms with Crippen LogP contribution >= 0.6 is 0 Å². The van der Waals surface area contributed by atoms with Crippen molar-refractivity contribution in [3.63, 3.8) is 0 Å². The summed E-state index contributed by atoms with van der Waals surface area (Å²) in [5.41, 5.74) is 5.28. The van der Waals surface area contributed by atoms with E-state index in [9.17, 15) is 18.0 Å². The number of carbonyl (C=O) groups excluding carboxylic acids is 1. The van der Waals surface area contributed by atoms with Crippen molar-refractivity contribution >= 4 is 27.0 Å². The van der Waals surface area contributed by atoms with Gasteiger partial charge in [0.15, 0.2) is 6.73 Å². The second-order valence-corrected chi connectivity index (χ2v) is 11.1. The van der Waals surface area contributed by atoms with E-state index < -0.39 is 27.3 Å². The third-order valence-electron chi connectivity index (χ3n) is 7.28. The summed E-state index contributed by atoms with van der Waals surface area (Å²) in [5, 5.41) is 0.593. The van der Waals surface area contributed by atoms with Gasteiger partial charge >= 0.3 is 6.16 Å². The van der Waals surface area contributed by atoms with Crippen LogP contribution in [0.1, 0.15) is 51.4 Å². The molecule has 3 fully saturated rings. The summed E-state index contributed by atoms with van der Waals surface area (Å²) in [6, 6.07) is 6.09. The fourth-order valence-electron chi connectivity index (χ4n) is 5.25. The highest BCUT2D eigenvalue weighted by atomic mass is 32.2. The molecular weight excluding hydrogens is 446 g/mol. The van der Waals surface area contributed by atoms with Crippen molar-refractivity contribution in [2.45, 2.75) is 80.7 Å². The minimum absolute atomic E-state index is 0.0993. The number of hydrogen-bond donors (Lipinski definition) is 1. The van der Waals surface area contributed by atoms with Crippen LogP contribution in [0.25, 0.3) is 10.8 Å². The number of nitrogens with two attached hydrogens (primary N) is 1. The number of hydrogen-bond acceptors (Lipinski definition) is 7. The Bertz CT molecular complexity index is 1230. The van der Waals surface area contributed by atoms with Gasteiger partial charge in [0.1, 0.15) is 6.10 Å². The SMILES string of the molecule is NC1CCN(S(=O)(=O)c2cccc3c(=O)n(COC(=O)OC4CCCCC4)ccc23)C12CC2. The van der Waals surface area contributed by atoms with Crippen molar-refractivity contribution in [2.24, 2.45) is 5.73 Å². The molecule has 2 aliphatic carbocycles. The Morgan fingerprint density at radius 1 is 1.09 bits per heavy atom. The van der Waals surface area contributed by atoms with Crippen LogP contribution in [0.2, 0.25) is 0 Å². The van der Waals surface area contributed by atoms with Crippen molar-refractivity contribution in [3.8, 4) is 0 Å². The van der Waals surface area contributed by atoms with E-state index in [2.05, 4.69) is 0 Å². The molecule has 33 heavy (non-hydrogen) atoms. The molecule has 1 aromatic heterocycles. The number of fused-ring (bicyclic) bond motifs is 1. The van der Waals surface area contributed by atoms with Crippen LogP contribution in [-0.4, -0.2) is 47.7 Å². The first-order valence-electron chi connectivity index (χ1n) is 11.6. The largest absolute Gasteiger partial charge is 0.510 e. The molecule has 5 rings (SSSR count). The van der Waals surface area contributed by atoms with E-state index in [1.165, 1.54) is 21.1 Å². The lowest BCUT2D eigenvalue weighted by molar-refractivity contribution is -0.00412. The number of nitrogens with zero attached hydrogens (tertiary/aromatic N) is 2. The molecule has 0 amide bonds. The summed E-state index contributed by atoms with van der Waals surface area (Å²) < 4.78 is 40.3. The van der Waals surface area contributed by atoms with Crippen molar-refractivity contribution in [2.75, 3.05) is 6.54 Å². The Labute approximate surface area is 192 Å². The van der Waals surface area contributed by atoms with Crippen molar-refractivity contribution in [3.05, 3.63) is 40.8 Å². The summed E-state index contributed by atoms with van der Waals surface area (Å²) >= 11 is 0. The number of carbonyl (C=O) groups is 1. The number of sulfonamides is 1. The zero-order chi connectivity index (χ0) is 23.2. The number of benzene rings is 1. The fourth-order valence-corrected chi connectivity index (χ4v) is 7.34. The van der Waals surface area contributed by atoms with Gasteiger partial charge in [-0.15, -0.1) is 0 Å². The van der Waals surface area contributed by atoms with Crippen LogP contribution in [0.4, 0.5) is 4.79 Å². The number of rotatable bonds is 5.